The SMILES string of the molecule is CC(C)CC[C@@H](O)[C@@H](N)c1c(F)ccc(F)c1Cl. The third-order valence-electron chi connectivity index (χ3n) is 2.87. The van der Waals surface area contributed by atoms with Crippen LogP contribution in [0.2, 0.25) is 5.02 Å². The Morgan fingerprint density at radius 1 is 1.22 bits per heavy atom. The Bertz CT molecular complexity index is 412. The van der Waals surface area contributed by atoms with Crippen LogP contribution in [0.3, 0.4) is 0 Å². The van der Waals surface area contributed by atoms with Crippen LogP contribution in [0.5, 0.6) is 0 Å². The lowest BCUT2D eigenvalue weighted by Gasteiger charge is -2.21. The molecule has 102 valence electrons. The maximum absolute atomic E-state index is 13.6. The minimum atomic E-state index is -1.02. The maximum atomic E-state index is 13.6. The van der Waals surface area contributed by atoms with E-state index in [1.165, 1.54) is 0 Å². The van der Waals surface area contributed by atoms with Crippen molar-refractivity contribution in [3.05, 3.63) is 34.4 Å². The molecule has 0 spiro atoms. The quantitative estimate of drug-likeness (QED) is 0.810. The number of aliphatic hydroxyl groups is 1. The van der Waals surface area contributed by atoms with Crippen molar-refractivity contribution >= 4 is 11.6 Å². The summed E-state index contributed by atoms with van der Waals surface area (Å²) >= 11 is 5.69. The average molecular weight is 278 g/mol. The number of aliphatic hydroxyl groups excluding tert-OH is 1. The summed E-state index contributed by atoms with van der Waals surface area (Å²) in [5.41, 5.74) is 5.59. The molecular formula is C13H18ClF2NO. The lowest BCUT2D eigenvalue weighted by atomic mass is 9.95. The fraction of sp³-hybridized carbons (Fsp3) is 0.538. The van der Waals surface area contributed by atoms with E-state index in [-0.39, 0.29) is 10.6 Å². The molecular weight excluding hydrogens is 260 g/mol. The molecule has 2 nitrogen and oxygen atoms in total. The van der Waals surface area contributed by atoms with Crippen LogP contribution in [0.25, 0.3) is 0 Å². The first-order chi connectivity index (χ1) is 8.34. The second-order valence-electron chi connectivity index (χ2n) is 4.82. The molecule has 1 aromatic carbocycles. The van der Waals surface area contributed by atoms with Gasteiger partial charge in [-0.25, -0.2) is 8.78 Å². The van der Waals surface area contributed by atoms with Crippen LogP contribution in [0.15, 0.2) is 12.1 Å². The summed E-state index contributed by atoms with van der Waals surface area (Å²) in [6.07, 6.45) is 0.232. The van der Waals surface area contributed by atoms with Crippen molar-refractivity contribution in [1.29, 1.82) is 0 Å². The van der Waals surface area contributed by atoms with Crippen molar-refractivity contribution in [3.8, 4) is 0 Å². The van der Waals surface area contributed by atoms with Gasteiger partial charge in [0.1, 0.15) is 11.6 Å². The molecule has 0 aliphatic heterocycles. The lowest BCUT2D eigenvalue weighted by Crippen LogP contribution is -2.28. The van der Waals surface area contributed by atoms with E-state index in [0.29, 0.717) is 12.3 Å². The maximum Gasteiger partial charge on any atom is 0.142 e. The number of hydrogen-bond acceptors (Lipinski definition) is 2. The Hall–Kier alpha value is -0.710. The van der Waals surface area contributed by atoms with Gasteiger partial charge in [-0.1, -0.05) is 25.4 Å². The van der Waals surface area contributed by atoms with Crippen LogP contribution in [0.1, 0.15) is 38.3 Å². The molecule has 0 aromatic heterocycles. The molecule has 0 aliphatic rings. The van der Waals surface area contributed by atoms with Crippen molar-refractivity contribution in [1.82, 2.24) is 0 Å². The normalized spacial score (nSPS) is 14.9. The molecule has 5 heteroatoms. The highest BCUT2D eigenvalue weighted by atomic mass is 35.5. The number of benzene rings is 1. The van der Waals surface area contributed by atoms with E-state index in [2.05, 4.69) is 0 Å². The molecule has 0 amide bonds. The van der Waals surface area contributed by atoms with Crippen molar-refractivity contribution in [2.45, 2.75) is 38.8 Å². The standard InChI is InChI=1S/C13H18ClF2NO/c1-7(2)3-6-10(18)13(17)11-8(15)4-5-9(16)12(11)14/h4-5,7,10,13,18H,3,6,17H2,1-2H3/t10-,13-/m1/s1. The highest BCUT2D eigenvalue weighted by Gasteiger charge is 2.24. The first-order valence-electron chi connectivity index (χ1n) is 5.91. The number of hydrogen-bond donors (Lipinski definition) is 2. The van der Waals surface area contributed by atoms with Crippen molar-refractivity contribution in [2.75, 3.05) is 0 Å². The Balaban J connectivity index is 2.89. The molecule has 0 fully saturated rings. The van der Waals surface area contributed by atoms with E-state index >= 15 is 0 Å². The predicted octanol–water partition coefficient (Wildman–Crippen LogP) is 3.42. The second-order valence-corrected chi connectivity index (χ2v) is 5.20. The van der Waals surface area contributed by atoms with Crippen LogP contribution in [0.4, 0.5) is 8.78 Å². The topological polar surface area (TPSA) is 46.2 Å². The fourth-order valence-electron chi connectivity index (χ4n) is 1.72. The molecule has 1 rings (SSSR count). The number of nitrogens with two attached hydrogens (primary N) is 1. The molecule has 0 saturated carbocycles. The third-order valence-corrected chi connectivity index (χ3v) is 3.25. The fourth-order valence-corrected chi connectivity index (χ4v) is 2.00. The van der Waals surface area contributed by atoms with Gasteiger partial charge < -0.3 is 10.8 Å². The average Bonchev–Trinajstić information content (AvgIpc) is 2.31. The van der Waals surface area contributed by atoms with Crippen LogP contribution in [-0.4, -0.2) is 11.2 Å². The van der Waals surface area contributed by atoms with Gasteiger partial charge in [-0.15, -0.1) is 0 Å². The first-order valence-corrected chi connectivity index (χ1v) is 6.29. The molecule has 0 radical (unpaired) electrons. The Morgan fingerprint density at radius 3 is 2.33 bits per heavy atom. The van der Waals surface area contributed by atoms with Crippen LogP contribution >= 0.6 is 11.6 Å². The summed E-state index contributed by atoms with van der Waals surface area (Å²) < 4.78 is 26.9. The lowest BCUT2D eigenvalue weighted by molar-refractivity contribution is 0.126. The van der Waals surface area contributed by atoms with E-state index in [9.17, 15) is 13.9 Å². The number of rotatable bonds is 5. The zero-order valence-electron chi connectivity index (χ0n) is 10.5. The monoisotopic (exact) mass is 277 g/mol. The van der Waals surface area contributed by atoms with E-state index in [1.54, 1.807) is 0 Å². The van der Waals surface area contributed by atoms with Gasteiger partial charge in [0.05, 0.1) is 17.2 Å². The van der Waals surface area contributed by atoms with Crippen LogP contribution in [-0.2, 0) is 0 Å². The van der Waals surface area contributed by atoms with Gasteiger partial charge >= 0.3 is 0 Å². The summed E-state index contributed by atoms with van der Waals surface area (Å²) in [5.74, 6) is -1.03. The van der Waals surface area contributed by atoms with Gasteiger partial charge in [0.2, 0.25) is 0 Å². The van der Waals surface area contributed by atoms with Crippen LogP contribution in [0, 0.1) is 17.6 Å². The Morgan fingerprint density at radius 2 is 1.78 bits per heavy atom. The van der Waals surface area contributed by atoms with Gasteiger partial charge in [-0.3, -0.25) is 0 Å². The van der Waals surface area contributed by atoms with Crippen molar-refractivity contribution < 1.29 is 13.9 Å². The van der Waals surface area contributed by atoms with E-state index in [1.807, 2.05) is 13.8 Å². The zero-order valence-corrected chi connectivity index (χ0v) is 11.2. The summed E-state index contributed by atoms with van der Waals surface area (Å²) in [6, 6.07) is 0.881. The minimum absolute atomic E-state index is 0.159. The highest BCUT2D eigenvalue weighted by Crippen LogP contribution is 2.30. The second kappa shape index (κ2) is 6.45. The van der Waals surface area contributed by atoms with E-state index in [0.717, 1.165) is 18.6 Å². The van der Waals surface area contributed by atoms with Crippen LogP contribution < -0.4 is 5.73 Å². The smallest absolute Gasteiger partial charge is 0.142 e. The van der Waals surface area contributed by atoms with Gasteiger partial charge in [0.25, 0.3) is 0 Å². The minimum Gasteiger partial charge on any atom is -0.391 e. The Labute approximate surface area is 111 Å². The van der Waals surface area contributed by atoms with Crippen molar-refractivity contribution in [2.24, 2.45) is 11.7 Å². The van der Waals surface area contributed by atoms with E-state index < -0.39 is 23.8 Å². The molecule has 0 bridgehead atoms. The van der Waals surface area contributed by atoms with E-state index in [4.69, 9.17) is 17.3 Å². The molecule has 2 atom stereocenters. The Kier molecular flexibility index (Phi) is 5.50. The predicted molar refractivity (Wildman–Crippen MR) is 68.4 cm³/mol. The molecule has 0 heterocycles. The number of halogens is 3. The van der Waals surface area contributed by atoms with Crippen molar-refractivity contribution in [3.63, 3.8) is 0 Å². The zero-order chi connectivity index (χ0) is 13.9. The highest BCUT2D eigenvalue weighted by molar-refractivity contribution is 6.31. The summed E-state index contributed by atoms with van der Waals surface area (Å²) in [5, 5.41) is 9.53. The molecule has 0 aliphatic carbocycles. The molecule has 1 aromatic rings. The molecule has 3 N–H and O–H groups in total. The van der Waals surface area contributed by atoms with Gasteiger partial charge in [0.15, 0.2) is 0 Å². The summed E-state index contributed by atoms with van der Waals surface area (Å²) in [4.78, 5) is 0. The molecule has 0 saturated heterocycles. The van der Waals surface area contributed by atoms with Gasteiger partial charge in [0, 0.05) is 5.56 Å². The van der Waals surface area contributed by atoms with Gasteiger partial charge in [-0.2, -0.15) is 0 Å². The first kappa shape index (κ1) is 15.3. The third kappa shape index (κ3) is 3.64. The molecule has 0 unspecified atom stereocenters. The largest absolute Gasteiger partial charge is 0.391 e. The summed E-state index contributed by atoms with van der Waals surface area (Å²) in [7, 11) is 0. The summed E-state index contributed by atoms with van der Waals surface area (Å²) in [6.45, 7) is 4.02. The van der Waals surface area contributed by atoms with Gasteiger partial charge in [-0.05, 0) is 30.9 Å². The molecule has 18 heavy (non-hydrogen) atoms.